The lowest BCUT2D eigenvalue weighted by Gasteiger charge is -2.37. The summed E-state index contributed by atoms with van der Waals surface area (Å²) in [5.74, 6) is 1.33. The molecule has 2 aromatic carbocycles. The highest BCUT2D eigenvalue weighted by atomic mass is 16.5. The second-order valence-corrected chi connectivity index (χ2v) is 12.1. The van der Waals surface area contributed by atoms with E-state index in [1.54, 1.807) is 13.3 Å². The Morgan fingerprint density at radius 2 is 1.82 bits per heavy atom. The molecule has 1 aromatic heterocycles. The number of nitrogens with zero attached hydrogens (tertiary/aromatic N) is 3. The van der Waals surface area contributed by atoms with Gasteiger partial charge in [0.1, 0.15) is 11.9 Å². The van der Waals surface area contributed by atoms with Gasteiger partial charge in [-0.05, 0) is 72.8 Å². The number of hydrogen-bond acceptors (Lipinski definition) is 7. The van der Waals surface area contributed by atoms with E-state index in [-0.39, 0.29) is 24.3 Å². The topological polar surface area (TPSA) is 101 Å². The maximum atomic E-state index is 13.9. The standard InChI is InChI=1S/C35H41N3O6/c1-42-28-9-10-29(35(41)38-17-18-43-32(22-38)26-5-3-2-4-6-26)31(20-28)37-15-12-24(13-16-37)23-44-33-19-27(11-14-36-33)30(21-34(39)40)25-7-8-25/h2-6,9-11,14,19-20,24-25,30,32H,7-8,12-13,15-18,21-23H2,1H3,(H,39,40). The predicted molar refractivity (Wildman–Crippen MR) is 166 cm³/mol. The fraction of sp³-hybridized carbons (Fsp3) is 0.457. The fourth-order valence-corrected chi connectivity index (χ4v) is 6.48. The van der Waals surface area contributed by atoms with Crippen molar-refractivity contribution in [3.05, 3.63) is 83.6 Å². The van der Waals surface area contributed by atoms with Crippen molar-refractivity contribution in [2.75, 3.05) is 51.4 Å². The Bertz CT molecular complexity index is 1440. The number of ether oxygens (including phenoxy) is 3. The monoisotopic (exact) mass is 599 g/mol. The number of pyridine rings is 1. The first-order chi connectivity index (χ1) is 21.5. The van der Waals surface area contributed by atoms with E-state index in [2.05, 4.69) is 9.88 Å². The van der Waals surface area contributed by atoms with E-state index in [1.807, 2.05) is 65.6 Å². The first-order valence-corrected chi connectivity index (χ1v) is 15.7. The molecule has 1 saturated carbocycles. The third kappa shape index (κ3) is 7.16. The molecule has 6 rings (SSSR count). The van der Waals surface area contributed by atoms with Gasteiger partial charge in [-0.2, -0.15) is 0 Å². The number of aromatic nitrogens is 1. The Hall–Kier alpha value is -4.11. The molecule has 0 bridgehead atoms. The van der Waals surface area contributed by atoms with Crippen LogP contribution < -0.4 is 14.4 Å². The minimum atomic E-state index is -0.768. The molecule has 2 unspecified atom stereocenters. The molecule has 9 nitrogen and oxygen atoms in total. The molecule has 3 fully saturated rings. The fourth-order valence-electron chi connectivity index (χ4n) is 6.48. The highest BCUT2D eigenvalue weighted by Gasteiger charge is 2.34. The molecular weight excluding hydrogens is 558 g/mol. The van der Waals surface area contributed by atoms with Crippen LogP contribution in [0, 0.1) is 11.8 Å². The van der Waals surface area contributed by atoms with Crippen molar-refractivity contribution < 1.29 is 28.9 Å². The summed E-state index contributed by atoms with van der Waals surface area (Å²) >= 11 is 0. The van der Waals surface area contributed by atoms with E-state index in [1.165, 1.54) is 0 Å². The Labute approximate surface area is 258 Å². The number of aliphatic carboxylic acids is 1. The minimum absolute atomic E-state index is 0.00990. The lowest BCUT2D eigenvalue weighted by Crippen LogP contribution is -2.43. The number of hydrogen-bond donors (Lipinski definition) is 1. The number of carboxylic acids is 1. The molecule has 1 N–H and O–H groups in total. The summed E-state index contributed by atoms with van der Waals surface area (Å²) in [5, 5.41) is 9.38. The zero-order valence-corrected chi connectivity index (χ0v) is 25.3. The number of amides is 1. The number of rotatable bonds is 11. The minimum Gasteiger partial charge on any atom is -0.497 e. The van der Waals surface area contributed by atoms with E-state index in [4.69, 9.17) is 14.2 Å². The van der Waals surface area contributed by atoms with E-state index < -0.39 is 5.97 Å². The Morgan fingerprint density at radius 1 is 1.02 bits per heavy atom. The van der Waals surface area contributed by atoms with E-state index >= 15 is 0 Å². The van der Waals surface area contributed by atoms with Gasteiger partial charge in [-0.25, -0.2) is 4.98 Å². The van der Waals surface area contributed by atoms with Crippen LogP contribution in [0.4, 0.5) is 5.69 Å². The number of morpholine rings is 1. The number of piperidine rings is 1. The highest BCUT2D eigenvalue weighted by Crippen LogP contribution is 2.45. The average molecular weight is 600 g/mol. The summed E-state index contributed by atoms with van der Waals surface area (Å²) in [6.45, 7) is 3.72. The zero-order valence-electron chi connectivity index (χ0n) is 25.3. The van der Waals surface area contributed by atoms with Crippen LogP contribution in [-0.4, -0.2) is 73.4 Å². The number of methoxy groups -OCH3 is 1. The number of benzene rings is 2. The van der Waals surface area contributed by atoms with E-state index in [0.29, 0.717) is 49.6 Å². The largest absolute Gasteiger partial charge is 0.497 e. The quantitative estimate of drug-likeness (QED) is 0.306. The second-order valence-electron chi connectivity index (χ2n) is 12.1. The van der Waals surface area contributed by atoms with Crippen molar-refractivity contribution in [1.82, 2.24) is 9.88 Å². The predicted octanol–water partition coefficient (Wildman–Crippen LogP) is 5.57. The molecule has 2 saturated heterocycles. The van der Waals surface area contributed by atoms with Gasteiger partial charge in [0.15, 0.2) is 0 Å². The van der Waals surface area contributed by atoms with Crippen LogP contribution in [0.5, 0.6) is 11.6 Å². The number of carboxylic acid groups (broad SMARTS) is 1. The SMILES string of the molecule is COc1ccc(C(=O)N2CCOC(c3ccccc3)C2)c(N2CCC(COc3cc(C(CC(=O)O)C4CC4)ccn3)CC2)c1. The smallest absolute Gasteiger partial charge is 0.303 e. The van der Waals surface area contributed by atoms with Gasteiger partial charge in [-0.15, -0.1) is 0 Å². The van der Waals surface area contributed by atoms with Crippen LogP contribution in [0.25, 0.3) is 0 Å². The Kier molecular flexibility index (Phi) is 9.31. The molecule has 232 valence electrons. The lowest BCUT2D eigenvalue weighted by molar-refractivity contribution is -0.137. The van der Waals surface area contributed by atoms with Crippen LogP contribution >= 0.6 is 0 Å². The van der Waals surface area contributed by atoms with Crippen LogP contribution in [0.3, 0.4) is 0 Å². The summed E-state index contributed by atoms with van der Waals surface area (Å²) in [6.07, 6.45) is 5.72. The van der Waals surface area contributed by atoms with Gasteiger partial charge in [0, 0.05) is 38.0 Å². The third-order valence-corrected chi connectivity index (χ3v) is 9.16. The Morgan fingerprint density at radius 3 is 2.55 bits per heavy atom. The second kappa shape index (κ2) is 13.7. The van der Waals surface area contributed by atoms with Crippen molar-refractivity contribution >= 4 is 17.6 Å². The Balaban J connectivity index is 1.08. The first kappa shape index (κ1) is 29.9. The van der Waals surface area contributed by atoms with E-state index in [0.717, 1.165) is 61.3 Å². The summed E-state index contributed by atoms with van der Waals surface area (Å²) in [6, 6.07) is 19.6. The summed E-state index contributed by atoms with van der Waals surface area (Å²) in [7, 11) is 1.65. The van der Waals surface area contributed by atoms with Gasteiger partial charge in [-0.1, -0.05) is 30.3 Å². The van der Waals surface area contributed by atoms with Gasteiger partial charge in [0.25, 0.3) is 5.91 Å². The summed E-state index contributed by atoms with van der Waals surface area (Å²) in [4.78, 5) is 33.9. The maximum absolute atomic E-state index is 13.9. The van der Waals surface area contributed by atoms with Gasteiger partial charge < -0.3 is 29.1 Å². The average Bonchev–Trinajstić information content (AvgIpc) is 3.92. The molecule has 0 spiro atoms. The van der Waals surface area contributed by atoms with Gasteiger partial charge in [0.05, 0.1) is 44.5 Å². The molecule has 2 atom stereocenters. The normalized spacial score (nSPS) is 19.8. The molecular formula is C35H41N3O6. The molecule has 44 heavy (non-hydrogen) atoms. The lowest BCUT2D eigenvalue weighted by atomic mass is 9.92. The van der Waals surface area contributed by atoms with Crippen LogP contribution in [0.1, 0.15) is 65.6 Å². The van der Waals surface area contributed by atoms with Gasteiger partial charge >= 0.3 is 5.97 Å². The van der Waals surface area contributed by atoms with Crippen molar-refractivity contribution in [3.63, 3.8) is 0 Å². The molecule has 1 aliphatic carbocycles. The summed E-state index contributed by atoms with van der Waals surface area (Å²) < 4.78 is 17.7. The molecule has 3 aliphatic rings. The third-order valence-electron chi connectivity index (χ3n) is 9.16. The number of carbonyl (C=O) groups excluding carboxylic acids is 1. The van der Waals surface area contributed by atoms with Gasteiger partial charge in [0.2, 0.25) is 5.88 Å². The van der Waals surface area contributed by atoms with Crippen molar-refractivity contribution in [2.45, 2.75) is 44.1 Å². The molecule has 3 aromatic rings. The number of carbonyl (C=O) groups is 2. The van der Waals surface area contributed by atoms with Crippen molar-refractivity contribution in [3.8, 4) is 11.6 Å². The van der Waals surface area contributed by atoms with Crippen LogP contribution in [0.2, 0.25) is 0 Å². The summed E-state index contributed by atoms with van der Waals surface area (Å²) in [5.41, 5.74) is 3.66. The molecule has 1 amide bonds. The molecule has 9 heteroatoms. The zero-order chi connectivity index (χ0) is 30.5. The van der Waals surface area contributed by atoms with Gasteiger partial charge in [-0.3, -0.25) is 9.59 Å². The highest BCUT2D eigenvalue weighted by molar-refractivity contribution is 6.00. The number of anilines is 1. The molecule has 3 heterocycles. The molecule has 0 radical (unpaired) electrons. The maximum Gasteiger partial charge on any atom is 0.303 e. The van der Waals surface area contributed by atoms with Crippen molar-refractivity contribution in [2.24, 2.45) is 11.8 Å². The van der Waals surface area contributed by atoms with Crippen LogP contribution in [0.15, 0.2) is 66.9 Å². The first-order valence-electron chi connectivity index (χ1n) is 15.7. The molecule has 2 aliphatic heterocycles. The van der Waals surface area contributed by atoms with E-state index in [9.17, 15) is 14.7 Å². The van der Waals surface area contributed by atoms with Crippen LogP contribution in [-0.2, 0) is 9.53 Å². The van der Waals surface area contributed by atoms with Crippen molar-refractivity contribution in [1.29, 1.82) is 0 Å².